The molecule has 0 aromatic carbocycles. The van der Waals surface area contributed by atoms with Gasteiger partial charge in [0, 0.05) is 0 Å². The first-order valence-electron chi connectivity index (χ1n) is 5.41. The summed E-state index contributed by atoms with van der Waals surface area (Å²) in [6, 6.07) is 0. The predicted molar refractivity (Wildman–Crippen MR) is 46.5 cm³/mol. The zero-order valence-electron chi connectivity index (χ0n) is 7.67. The number of hydrogen-bond donors (Lipinski definition) is 0. The fraction of sp³-hybridized carbons (Fsp3) is 1.00. The summed E-state index contributed by atoms with van der Waals surface area (Å²) in [5, 5.41) is 0. The lowest BCUT2D eigenvalue weighted by Gasteiger charge is -2.27. The van der Waals surface area contributed by atoms with Crippen LogP contribution in [0.25, 0.3) is 0 Å². The molecule has 2 bridgehead atoms. The van der Waals surface area contributed by atoms with E-state index in [2.05, 4.69) is 6.92 Å². The number of alkyl halides is 1. The molecule has 6 unspecified atom stereocenters. The maximum Gasteiger partial charge on any atom is 0.104 e. The van der Waals surface area contributed by atoms with Gasteiger partial charge >= 0.3 is 0 Å². The molecule has 6 atom stereocenters. The Morgan fingerprint density at radius 2 is 1.67 bits per heavy atom. The molecule has 0 aromatic rings. The van der Waals surface area contributed by atoms with Crippen molar-refractivity contribution in [3.05, 3.63) is 0 Å². The van der Waals surface area contributed by atoms with E-state index in [4.69, 9.17) is 0 Å². The van der Waals surface area contributed by atoms with Crippen molar-refractivity contribution < 1.29 is 4.39 Å². The molecule has 68 valence electrons. The van der Waals surface area contributed by atoms with E-state index < -0.39 is 6.17 Å². The second kappa shape index (κ2) is 2.24. The quantitative estimate of drug-likeness (QED) is 0.521. The molecule has 0 heterocycles. The maximum atomic E-state index is 13.6. The molecule has 3 fully saturated rings. The van der Waals surface area contributed by atoms with Crippen LogP contribution in [0.3, 0.4) is 0 Å². The first-order chi connectivity index (χ1) is 5.77. The summed E-state index contributed by atoms with van der Waals surface area (Å²) in [5.41, 5.74) is 0. The van der Waals surface area contributed by atoms with Crippen molar-refractivity contribution in [2.24, 2.45) is 29.6 Å². The average molecular weight is 168 g/mol. The molecule has 3 saturated carbocycles. The molecule has 0 radical (unpaired) electrons. The van der Waals surface area contributed by atoms with Gasteiger partial charge in [-0.1, -0.05) is 6.92 Å². The normalized spacial score (nSPS) is 62.5. The van der Waals surface area contributed by atoms with E-state index in [1.54, 1.807) is 0 Å². The Morgan fingerprint density at radius 3 is 2.33 bits per heavy atom. The van der Waals surface area contributed by atoms with Gasteiger partial charge < -0.3 is 0 Å². The summed E-state index contributed by atoms with van der Waals surface area (Å²) >= 11 is 0. The number of rotatable bonds is 0. The van der Waals surface area contributed by atoms with Gasteiger partial charge in [0.2, 0.25) is 0 Å². The Hall–Kier alpha value is -0.0700. The number of fused-ring (bicyclic) bond motifs is 5. The molecule has 1 heteroatoms. The Kier molecular flexibility index (Phi) is 1.37. The molecule has 12 heavy (non-hydrogen) atoms. The molecule has 0 spiro atoms. The molecule has 3 aliphatic carbocycles. The molecule has 0 aromatic heterocycles. The molecule has 3 rings (SSSR count). The van der Waals surface area contributed by atoms with Gasteiger partial charge in [0.1, 0.15) is 6.17 Å². The van der Waals surface area contributed by atoms with Crippen molar-refractivity contribution in [3.63, 3.8) is 0 Å². The van der Waals surface area contributed by atoms with E-state index in [1.165, 1.54) is 19.3 Å². The van der Waals surface area contributed by atoms with E-state index in [0.29, 0.717) is 11.8 Å². The highest BCUT2D eigenvalue weighted by atomic mass is 19.1. The van der Waals surface area contributed by atoms with Gasteiger partial charge in [-0.2, -0.15) is 0 Å². The summed E-state index contributed by atoms with van der Waals surface area (Å²) in [6.45, 7) is 2.26. The second-order valence-corrected chi connectivity index (χ2v) is 5.22. The number of halogens is 1. The number of hydrogen-bond acceptors (Lipinski definition) is 0. The molecule has 0 saturated heterocycles. The van der Waals surface area contributed by atoms with Crippen molar-refractivity contribution in [3.8, 4) is 0 Å². The smallest absolute Gasteiger partial charge is 0.104 e. The van der Waals surface area contributed by atoms with E-state index in [0.717, 1.165) is 24.2 Å². The van der Waals surface area contributed by atoms with Crippen LogP contribution in [0, 0.1) is 29.6 Å². The van der Waals surface area contributed by atoms with Crippen LogP contribution in [0.1, 0.15) is 32.6 Å². The van der Waals surface area contributed by atoms with Crippen LogP contribution in [0.15, 0.2) is 0 Å². The van der Waals surface area contributed by atoms with Crippen LogP contribution in [-0.4, -0.2) is 6.17 Å². The highest BCUT2D eigenvalue weighted by molar-refractivity contribution is 5.05. The van der Waals surface area contributed by atoms with E-state index in [-0.39, 0.29) is 0 Å². The zero-order chi connectivity index (χ0) is 8.29. The Balaban J connectivity index is 1.92. The summed E-state index contributed by atoms with van der Waals surface area (Å²) < 4.78 is 13.6. The van der Waals surface area contributed by atoms with Crippen LogP contribution in [-0.2, 0) is 0 Å². The van der Waals surface area contributed by atoms with Crippen LogP contribution < -0.4 is 0 Å². The van der Waals surface area contributed by atoms with Crippen molar-refractivity contribution in [1.29, 1.82) is 0 Å². The fourth-order valence-electron chi connectivity index (χ4n) is 4.43. The molecule has 3 aliphatic rings. The average Bonchev–Trinajstić information content (AvgIpc) is 2.64. The van der Waals surface area contributed by atoms with Crippen LogP contribution in [0.4, 0.5) is 4.39 Å². The van der Waals surface area contributed by atoms with Crippen molar-refractivity contribution in [2.75, 3.05) is 0 Å². The lowest BCUT2D eigenvalue weighted by molar-refractivity contribution is 0.161. The zero-order valence-corrected chi connectivity index (χ0v) is 7.67. The summed E-state index contributed by atoms with van der Waals surface area (Å²) in [6.07, 6.45) is 4.52. The topological polar surface area (TPSA) is 0 Å². The fourth-order valence-corrected chi connectivity index (χ4v) is 4.43. The van der Waals surface area contributed by atoms with Crippen molar-refractivity contribution >= 4 is 0 Å². The third kappa shape index (κ3) is 0.730. The minimum Gasteiger partial charge on any atom is -0.247 e. The lowest BCUT2D eigenvalue weighted by Crippen LogP contribution is -2.24. The monoisotopic (exact) mass is 168 g/mol. The van der Waals surface area contributed by atoms with Crippen molar-refractivity contribution in [2.45, 2.75) is 38.8 Å². The van der Waals surface area contributed by atoms with Gasteiger partial charge in [-0.05, 0) is 55.3 Å². The summed E-state index contributed by atoms with van der Waals surface area (Å²) in [7, 11) is 0. The first-order valence-corrected chi connectivity index (χ1v) is 5.41. The Labute approximate surface area is 73.5 Å². The van der Waals surface area contributed by atoms with Gasteiger partial charge in [-0.3, -0.25) is 0 Å². The minimum atomic E-state index is -0.444. The van der Waals surface area contributed by atoms with E-state index in [1.807, 2.05) is 0 Å². The highest BCUT2D eigenvalue weighted by Crippen LogP contribution is 2.61. The van der Waals surface area contributed by atoms with E-state index >= 15 is 0 Å². The molecule has 0 amide bonds. The van der Waals surface area contributed by atoms with Gasteiger partial charge in [0.25, 0.3) is 0 Å². The van der Waals surface area contributed by atoms with Crippen molar-refractivity contribution in [1.82, 2.24) is 0 Å². The van der Waals surface area contributed by atoms with E-state index in [9.17, 15) is 4.39 Å². The Morgan fingerprint density at radius 1 is 1.00 bits per heavy atom. The largest absolute Gasteiger partial charge is 0.247 e. The summed E-state index contributed by atoms with van der Waals surface area (Å²) in [5.74, 6) is 3.63. The van der Waals surface area contributed by atoms with Crippen LogP contribution >= 0.6 is 0 Å². The minimum absolute atomic E-state index is 0.444. The maximum absolute atomic E-state index is 13.6. The molecule has 0 N–H and O–H groups in total. The van der Waals surface area contributed by atoms with Gasteiger partial charge in [-0.25, -0.2) is 4.39 Å². The first kappa shape index (κ1) is 7.34. The van der Waals surface area contributed by atoms with Gasteiger partial charge in [-0.15, -0.1) is 0 Å². The molecule has 0 nitrogen and oxygen atoms in total. The predicted octanol–water partition coefficient (Wildman–Crippen LogP) is 3.03. The SMILES string of the molecule is CC1CC(F)C2C3CCC(C3)C12. The summed E-state index contributed by atoms with van der Waals surface area (Å²) in [4.78, 5) is 0. The Bertz CT molecular complexity index is 181. The standard InChI is InChI=1S/C11H17F/c1-6-4-9(12)11-8-3-2-7(5-8)10(6)11/h6-11H,2-5H2,1H3. The van der Waals surface area contributed by atoms with Gasteiger partial charge in [0.05, 0.1) is 0 Å². The molecule has 0 aliphatic heterocycles. The second-order valence-electron chi connectivity index (χ2n) is 5.22. The molecular formula is C11H17F. The third-order valence-electron chi connectivity index (χ3n) is 4.72. The van der Waals surface area contributed by atoms with Crippen LogP contribution in [0.5, 0.6) is 0 Å². The lowest BCUT2D eigenvalue weighted by atomic mass is 9.78. The highest BCUT2D eigenvalue weighted by Gasteiger charge is 2.56. The molecular weight excluding hydrogens is 151 g/mol. The van der Waals surface area contributed by atoms with Gasteiger partial charge in [0.15, 0.2) is 0 Å². The third-order valence-corrected chi connectivity index (χ3v) is 4.72. The van der Waals surface area contributed by atoms with Crippen LogP contribution in [0.2, 0.25) is 0 Å².